The first kappa shape index (κ1) is 7.69. The van der Waals surface area contributed by atoms with Gasteiger partial charge in [0.25, 0.3) is 0 Å². The van der Waals surface area contributed by atoms with E-state index in [1.165, 1.54) is 0 Å². The summed E-state index contributed by atoms with van der Waals surface area (Å²) in [7, 11) is 0. The number of nitrogens with two attached hydrogens (primary N) is 1. The van der Waals surface area contributed by atoms with Crippen molar-refractivity contribution < 1.29 is 0 Å². The molecule has 0 unspecified atom stereocenters. The van der Waals surface area contributed by atoms with Gasteiger partial charge in [-0.3, -0.25) is 0 Å². The quantitative estimate of drug-likeness (QED) is 0.400. The molecule has 0 rings (SSSR count). The minimum absolute atomic E-state index is 0.157. The summed E-state index contributed by atoms with van der Waals surface area (Å²) < 4.78 is 0.157. The summed E-state index contributed by atoms with van der Waals surface area (Å²) in [6.07, 6.45) is 0. The molecule has 0 aliphatic carbocycles. The van der Waals surface area contributed by atoms with Gasteiger partial charge in [0, 0.05) is 0 Å². The van der Waals surface area contributed by atoms with Crippen LogP contribution in [0.2, 0.25) is 0 Å². The molecule has 0 aliphatic rings. The summed E-state index contributed by atoms with van der Waals surface area (Å²) in [6, 6.07) is 0. The Hall–Kier alpha value is 0.690. The predicted molar refractivity (Wildman–Crippen MR) is 44.1 cm³/mol. The first-order chi connectivity index (χ1) is 2.94. The van der Waals surface area contributed by atoms with Gasteiger partial charge in [-0.15, -0.1) is 0 Å². The van der Waals surface area contributed by atoms with Crippen LogP contribution in [0.3, 0.4) is 0 Å². The molecule has 0 amide bonds. The van der Waals surface area contributed by atoms with Crippen LogP contribution in [0.15, 0.2) is 0 Å². The van der Waals surface area contributed by atoms with Gasteiger partial charge >= 0.3 is 52.8 Å². The van der Waals surface area contributed by atoms with E-state index in [2.05, 4.69) is 23.7 Å². The molecule has 0 radical (unpaired) electrons. The summed E-state index contributed by atoms with van der Waals surface area (Å²) in [5, 5.41) is 0. The average Bonchev–Trinajstić information content (AvgIpc) is 1.31. The van der Waals surface area contributed by atoms with Gasteiger partial charge < -0.3 is 0 Å². The predicted octanol–water partition coefficient (Wildman–Crippen LogP) is 1.45. The van der Waals surface area contributed by atoms with Crippen LogP contribution in [0.25, 0.3) is 0 Å². The van der Waals surface area contributed by atoms with Gasteiger partial charge in [-0.25, -0.2) is 0 Å². The van der Waals surface area contributed by atoms with Crippen LogP contribution in [-0.2, 0) is 0 Å². The van der Waals surface area contributed by atoms with E-state index >= 15 is 0 Å². The van der Waals surface area contributed by atoms with Gasteiger partial charge in [0.1, 0.15) is 0 Å². The SMILES string of the molecule is CI(C)C(C)(C)N. The topological polar surface area (TPSA) is 26.0 Å². The molecule has 0 aliphatic heterocycles. The van der Waals surface area contributed by atoms with E-state index in [1.54, 1.807) is 0 Å². The number of halogens is 1. The Kier molecular flexibility index (Phi) is 2.53. The Morgan fingerprint density at radius 3 is 1.43 bits per heavy atom. The van der Waals surface area contributed by atoms with Crippen molar-refractivity contribution in [1.82, 2.24) is 0 Å². The molecule has 0 atom stereocenters. The third-order valence-electron chi connectivity index (χ3n) is 0.974. The second-order valence-electron chi connectivity index (χ2n) is 2.32. The standard InChI is InChI=1S/C5H14IN/c1-5(2,7)6(3)4/h7H2,1-4H3. The van der Waals surface area contributed by atoms with E-state index in [-0.39, 0.29) is 3.55 Å². The Morgan fingerprint density at radius 2 is 1.43 bits per heavy atom. The fourth-order valence-corrected chi connectivity index (χ4v) is 0. The van der Waals surface area contributed by atoms with Crippen LogP contribution in [0.5, 0.6) is 0 Å². The molecule has 1 nitrogen and oxygen atoms in total. The van der Waals surface area contributed by atoms with Crippen molar-refractivity contribution in [2.75, 3.05) is 9.86 Å². The zero-order valence-corrected chi connectivity index (χ0v) is 7.61. The number of alkyl halides is 3. The van der Waals surface area contributed by atoms with Crippen LogP contribution < -0.4 is 5.73 Å². The first-order valence-corrected chi connectivity index (χ1v) is 7.63. The number of rotatable bonds is 1. The second-order valence-corrected chi connectivity index (χ2v) is 9.42. The van der Waals surface area contributed by atoms with Gasteiger partial charge in [0.2, 0.25) is 0 Å². The fourth-order valence-electron chi connectivity index (χ4n) is 0. The molecule has 0 heterocycles. The van der Waals surface area contributed by atoms with Crippen LogP contribution in [0, 0.1) is 0 Å². The molecule has 0 aromatic rings. The van der Waals surface area contributed by atoms with Crippen LogP contribution in [-0.4, -0.2) is 13.4 Å². The Labute approximate surface area is 53.0 Å². The molecule has 0 aromatic heterocycles. The van der Waals surface area contributed by atoms with Gasteiger partial charge in [0.15, 0.2) is 0 Å². The zero-order chi connectivity index (χ0) is 6.08. The Balaban J connectivity index is 3.54. The summed E-state index contributed by atoms with van der Waals surface area (Å²) in [5.74, 6) is 0. The molecular weight excluding hydrogens is 201 g/mol. The fraction of sp³-hybridized carbons (Fsp3) is 1.00. The number of hydrogen-bond acceptors (Lipinski definition) is 1. The van der Waals surface area contributed by atoms with Crippen molar-refractivity contribution in [2.45, 2.75) is 17.4 Å². The van der Waals surface area contributed by atoms with E-state index in [1.807, 2.05) is 0 Å². The van der Waals surface area contributed by atoms with E-state index < -0.39 is 19.8 Å². The van der Waals surface area contributed by atoms with Gasteiger partial charge in [-0.2, -0.15) is 0 Å². The molecule has 2 heteroatoms. The Bertz CT molecular complexity index is 53.6. The summed E-state index contributed by atoms with van der Waals surface area (Å²) in [4.78, 5) is 4.56. The maximum atomic E-state index is 5.75. The molecule has 46 valence electrons. The third kappa shape index (κ3) is 3.29. The van der Waals surface area contributed by atoms with E-state index in [0.717, 1.165) is 0 Å². The van der Waals surface area contributed by atoms with Crippen LogP contribution in [0.4, 0.5) is 0 Å². The molecule has 2 N–H and O–H groups in total. The first-order valence-electron chi connectivity index (χ1n) is 2.23. The van der Waals surface area contributed by atoms with Gasteiger partial charge in [-0.05, 0) is 0 Å². The van der Waals surface area contributed by atoms with Crippen LogP contribution >= 0.6 is 19.8 Å². The second kappa shape index (κ2) is 2.31. The Morgan fingerprint density at radius 1 is 1.29 bits per heavy atom. The molecule has 7 heavy (non-hydrogen) atoms. The van der Waals surface area contributed by atoms with Crippen LogP contribution in [0.1, 0.15) is 13.8 Å². The molecule has 0 bridgehead atoms. The van der Waals surface area contributed by atoms with Gasteiger partial charge in [-0.1, -0.05) is 0 Å². The van der Waals surface area contributed by atoms with E-state index in [4.69, 9.17) is 5.73 Å². The van der Waals surface area contributed by atoms with E-state index in [0.29, 0.717) is 0 Å². The van der Waals surface area contributed by atoms with E-state index in [9.17, 15) is 0 Å². The van der Waals surface area contributed by atoms with Crippen molar-refractivity contribution in [1.29, 1.82) is 0 Å². The zero-order valence-electron chi connectivity index (χ0n) is 5.46. The molecule has 0 spiro atoms. The molecule has 0 fully saturated rings. The van der Waals surface area contributed by atoms with Crippen molar-refractivity contribution in [3.8, 4) is 0 Å². The maximum absolute atomic E-state index is 5.75. The number of hydrogen-bond donors (Lipinski definition) is 1. The molecule has 0 aromatic carbocycles. The normalized spacial score (nSPS) is 14.1. The summed E-state index contributed by atoms with van der Waals surface area (Å²) >= 11 is -0.729. The average molecular weight is 215 g/mol. The monoisotopic (exact) mass is 215 g/mol. The molecule has 0 saturated heterocycles. The minimum atomic E-state index is -0.729. The van der Waals surface area contributed by atoms with Gasteiger partial charge in [0.05, 0.1) is 0 Å². The van der Waals surface area contributed by atoms with Crippen molar-refractivity contribution in [3.05, 3.63) is 0 Å². The van der Waals surface area contributed by atoms with Crippen molar-refractivity contribution in [2.24, 2.45) is 5.73 Å². The third-order valence-corrected chi connectivity index (χ3v) is 6.53. The summed E-state index contributed by atoms with van der Waals surface area (Å²) in [5.41, 5.74) is 5.75. The summed E-state index contributed by atoms with van der Waals surface area (Å²) in [6.45, 7) is 4.22. The molecule has 0 saturated carbocycles. The van der Waals surface area contributed by atoms with Crippen molar-refractivity contribution >= 4 is 19.8 Å². The molecular formula is C5H14IN. The van der Waals surface area contributed by atoms with Crippen molar-refractivity contribution in [3.63, 3.8) is 0 Å².